The van der Waals surface area contributed by atoms with Gasteiger partial charge in [-0.3, -0.25) is 9.59 Å². The molecule has 1 aromatic heterocycles. The molecule has 0 aliphatic carbocycles. The zero-order valence-corrected chi connectivity index (χ0v) is 14.3. The summed E-state index contributed by atoms with van der Waals surface area (Å²) in [6.07, 6.45) is -0.142. The molecule has 0 saturated heterocycles. The number of amides is 1. The third kappa shape index (κ3) is 4.43. The van der Waals surface area contributed by atoms with Crippen molar-refractivity contribution in [1.82, 2.24) is 15.1 Å². The fourth-order valence-corrected chi connectivity index (χ4v) is 2.38. The molecule has 0 radical (unpaired) electrons. The predicted molar refractivity (Wildman–Crippen MR) is 92.1 cm³/mol. The molecule has 2 unspecified atom stereocenters. The zero-order chi connectivity index (χ0) is 17.7. The Morgan fingerprint density at radius 1 is 1.29 bits per heavy atom. The lowest BCUT2D eigenvalue weighted by atomic mass is 10.0. The predicted octanol–water partition coefficient (Wildman–Crippen LogP) is 2.16. The summed E-state index contributed by atoms with van der Waals surface area (Å²) in [7, 11) is 0. The van der Waals surface area contributed by atoms with Gasteiger partial charge in [0.15, 0.2) is 0 Å². The van der Waals surface area contributed by atoms with E-state index in [1.807, 2.05) is 6.92 Å². The first-order chi connectivity index (χ1) is 11.4. The molecule has 24 heavy (non-hydrogen) atoms. The van der Waals surface area contributed by atoms with Crippen LogP contribution in [-0.4, -0.2) is 26.8 Å². The number of aryl methyl sites for hydroxylation is 1. The minimum atomic E-state index is -0.882. The second kappa shape index (κ2) is 8.08. The van der Waals surface area contributed by atoms with Crippen LogP contribution in [-0.2, 0) is 6.54 Å². The Labute approximate surface area is 145 Å². The van der Waals surface area contributed by atoms with Crippen molar-refractivity contribution in [2.75, 3.05) is 0 Å². The van der Waals surface area contributed by atoms with Crippen LogP contribution in [0, 0.1) is 0 Å². The molecule has 0 bridgehead atoms. The number of nitrogens with one attached hydrogen (secondary N) is 1. The number of hydrogen-bond donors (Lipinski definition) is 2. The highest BCUT2D eigenvalue weighted by molar-refractivity contribution is 6.30. The van der Waals surface area contributed by atoms with E-state index < -0.39 is 18.1 Å². The van der Waals surface area contributed by atoms with E-state index in [0.29, 0.717) is 17.1 Å². The Bertz CT molecular complexity index is 758. The quantitative estimate of drug-likeness (QED) is 0.837. The van der Waals surface area contributed by atoms with Crippen molar-refractivity contribution in [3.63, 3.8) is 0 Å². The first-order valence-corrected chi connectivity index (χ1v) is 8.12. The number of aliphatic hydroxyl groups excluding tert-OH is 1. The Morgan fingerprint density at radius 3 is 2.58 bits per heavy atom. The molecule has 2 rings (SSSR count). The lowest BCUT2D eigenvalue weighted by Crippen LogP contribution is -2.38. The van der Waals surface area contributed by atoms with Gasteiger partial charge >= 0.3 is 0 Å². The van der Waals surface area contributed by atoms with Crippen LogP contribution in [0.2, 0.25) is 5.02 Å². The van der Waals surface area contributed by atoms with E-state index in [1.165, 1.54) is 16.8 Å². The van der Waals surface area contributed by atoms with E-state index in [1.54, 1.807) is 31.2 Å². The van der Waals surface area contributed by atoms with Crippen LogP contribution in [0.3, 0.4) is 0 Å². The minimum Gasteiger partial charge on any atom is -0.386 e. The van der Waals surface area contributed by atoms with Crippen molar-refractivity contribution in [3.05, 3.63) is 63.0 Å². The molecule has 2 atom stereocenters. The topological polar surface area (TPSA) is 84.2 Å². The Morgan fingerprint density at radius 2 is 1.96 bits per heavy atom. The molecule has 0 aliphatic rings. The number of rotatable bonds is 6. The van der Waals surface area contributed by atoms with Gasteiger partial charge in [-0.05, 0) is 37.1 Å². The highest BCUT2D eigenvalue weighted by atomic mass is 35.5. The maximum Gasteiger partial charge on any atom is 0.272 e. The maximum atomic E-state index is 12.3. The van der Waals surface area contributed by atoms with Crippen molar-refractivity contribution < 1.29 is 9.90 Å². The number of hydrogen-bond acceptors (Lipinski definition) is 4. The molecule has 1 amide bonds. The van der Waals surface area contributed by atoms with E-state index in [4.69, 9.17) is 11.6 Å². The van der Waals surface area contributed by atoms with Gasteiger partial charge in [-0.15, -0.1) is 0 Å². The smallest absolute Gasteiger partial charge is 0.272 e. The molecule has 2 aromatic rings. The highest BCUT2D eigenvalue weighted by Gasteiger charge is 2.20. The van der Waals surface area contributed by atoms with Crippen molar-refractivity contribution in [3.8, 4) is 0 Å². The molecule has 0 saturated carbocycles. The number of carbonyl (C=O) groups is 1. The van der Waals surface area contributed by atoms with Crippen LogP contribution in [0.1, 0.15) is 42.4 Å². The van der Waals surface area contributed by atoms with E-state index in [2.05, 4.69) is 10.4 Å². The lowest BCUT2D eigenvalue weighted by molar-refractivity contribution is 0.0845. The van der Waals surface area contributed by atoms with Gasteiger partial charge in [0.2, 0.25) is 0 Å². The van der Waals surface area contributed by atoms with Gasteiger partial charge in [-0.25, -0.2) is 4.68 Å². The van der Waals surface area contributed by atoms with Crippen molar-refractivity contribution >= 4 is 17.5 Å². The average molecular weight is 350 g/mol. The van der Waals surface area contributed by atoms with Crippen molar-refractivity contribution in [2.24, 2.45) is 0 Å². The molecular formula is C17H20ClN3O3. The molecule has 2 N–H and O–H groups in total. The first-order valence-electron chi connectivity index (χ1n) is 7.75. The summed E-state index contributed by atoms with van der Waals surface area (Å²) in [4.78, 5) is 23.9. The van der Waals surface area contributed by atoms with Gasteiger partial charge < -0.3 is 10.4 Å². The van der Waals surface area contributed by atoms with Crippen LogP contribution in [0.25, 0.3) is 0 Å². The number of nitrogens with zero attached hydrogens (tertiary/aromatic N) is 2. The van der Waals surface area contributed by atoms with Gasteiger partial charge in [0, 0.05) is 17.6 Å². The monoisotopic (exact) mass is 349 g/mol. The molecule has 6 nitrogen and oxygen atoms in total. The van der Waals surface area contributed by atoms with Crippen LogP contribution in [0.4, 0.5) is 0 Å². The third-order valence-electron chi connectivity index (χ3n) is 3.58. The number of halogens is 1. The summed E-state index contributed by atoms with van der Waals surface area (Å²) in [5, 5.41) is 17.6. The van der Waals surface area contributed by atoms with Crippen LogP contribution >= 0.6 is 11.6 Å². The molecule has 0 fully saturated rings. The summed E-state index contributed by atoms with van der Waals surface area (Å²) in [6.45, 7) is 4.06. The molecule has 1 aromatic carbocycles. The molecule has 1 heterocycles. The van der Waals surface area contributed by atoms with E-state index in [-0.39, 0.29) is 11.3 Å². The fourth-order valence-electron chi connectivity index (χ4n) is 2.25. The number of benzene rings is 1. The van der Waals surface area contributed by atoms with Crippen molar-refractivity contribution in [2.45, 2.75) is 39.0 Å². The summed E-state index contributed by atoms with van der Waals surface area (Å²) < 4.78 is 1.26. The third-order valence-corrected chi connectivity index (χ3v) is 3.83. The van der Waals surface area contributed by atoms with Gasteiger partial charge in [0.1, 0.15) is 5.69 Å². The molecule has 7 heteroatoms. The summed E-state index contributed by atoms with van der Waals surface area (Å²) >= 11 is 5.83. The second-order valence-electron chi connectivity index (χ2n) is 5.54. The molecular weight excluding hydrogens is 330 g/mol. The standard InChI is InChI=1S/C17H20ClN3O3/c1-3-10-21-15(22)9-8-14(20-21)17(24)19-11(2)16(23)12-4-6-13(18)7-5-12/h4-9,11,16,23H,3,10H2,1-2H3,(H,19,24). The van der Waals surface area contributed by atoms with Crippen LogP contribution in [0.5, 0.6) is 0 Å². The fraction of sp³-hybridized carbons (Fsp3) is 0.353. The van der Waals surface area contributed by atoms with Gasteiger partial charge in [-0.1, -0.05) is 30.7 Å². The average Bonchev–Trinajstić information content (AvgIpc) is 2.57. The maximum absolute atomic E-state index is 12.3. The number of aliphatic hydroxyl groups is 1. The molecule has 128 valence electrons. The largest absolute Gasteiger partial charge is 0.386 e. The first kappa shape index (κ1) is 18.2. The summed E-state index contributed by atoms with van der Waals surface area (Å²) in [5.74, 6) is -0.444. The summed E-state index contributed by atoms with van der Waals surface area (Å²) in [6, 6.07) is 8.92. The number of aromatic nitrogens is 2. The molecule has 0 spiro atoms. The number of carbonyl (C=O) groups excluding carboxylic acids is 1. The Kier molecular flexibility index (Phi) is 6.11. The minimum absolute atomic E-state index is 0.137. The zero-order valence-electron chi connectivity index (χ0n) is 13.6. The Balaban J connectivity index is 2.09. The van der Waals surface area contributed by atoms with E-state index >= 15 is 0 Å². The normalized spacial score (nSPS) is 13.3. The highest BCUT2D eigenvalue weighted by Crippen LogP contribution is 2.19. The van der Waals surface area contributed by atoms with Crippen molar-refractivity contribution in [1.29, 1.82) is 0 Å². The van der Waals surface area contributed by atoms with E-state index in [9.17, 15) is 14.7 Å². The van der Waals surface area contributed by atoms with E-state index in [0.717, 1.165) is 6.42 Å². The van der Waals surface area contributed by atoms with Crippen LogP contribution in [0.15, 0.2) is 41.2 Å². The van der Waals surface area contributed by atoms with Crippen LogP contribution < -0.4 is 10.9 Å². The van der Waals surface area contributed by atoms with Gasteiger partial charge in [0.05, 0.1) is 12.1 Å². The second-order valence-corrected chi connectivity index (χ2v) is 5.97. The van der Waals surface area contributed by atoms with Gasteiger partial charge in [0.25, 0.3) is 11.5 Å². The SMILES string of the molecule is CCCn1nc(C(=O)NC(C)C(O)c2ccc(Cl)cc2)ccc1=O. The Hall–Kier alpha value is -2.18. The van der Waals surface area contributed by atoms with Gasteiger partial charge in [-0.2, -0.15) is 5.10 Å². The lowest BCUT2D eigenvalue weighted by Gasteiger charge is -2.20. The molecule has 0 aliphatic heterocycles. The summed E-state index contributed by atoms with van der Waals surface area (Å²) in [5.41, 5.74) is 0.539.